The topological polar surface area (TPSA) is 96.2 Å². The van der Waals surface area contributed by atoms with Crippen LogP contribution < -0.4 is 15.8 Å². The minimum absolute atomic E-state index is 0.0652. The van der Waals surface area contributed by atoms with Gasteiger partial charge in [0.2, 0.25) is 11.6 Å². The summed E-state index contributed by atoms with van der Waals surface area (Å²) in [5.41, 5.74) is 5.60. The molecule has 1 atom stereocenters. The van der Waals surface area contributed by atoms with Gasteiger partial charge in [0.15, 0.2) is 0 Å². The summed E-state index contributed by atoms with van der Waals surface area (Å²) in [6.45, 7) is 8.79. The van der Waals surface area contributed by atoms with Gasteiger partial charge >= 0.3 is 5.69 Å². The Labute approximate surface area is 136 Å². The highest BCUT2D eigenvalue weighted by molar-refractivity contribution is 5.70. The Morgan fingerprint density at radius 2 is 2.13 bits per heavy atom. The third-order valence-corrected chi connectivity index (χ3v) is 3.91. The van der Waals surface area contributed by atoms with Crippen molar-refractivity contribution in [3.8, 4) is 0 Å². The Hall–Kier alpha value is -1.96. The SMILES string of the molecule is CCC1CCCCN1c1ncnc(NNC(C)(C)C)c1[N+](=O)[O-]. The van der Waals surface area contributed by atoms with Crippen molar-refractivity contribution in [2.45, 2.75) is 65.0 Å². The van der Waals surface area contributed by atoms with Crippen LogP contribution in [0.1, 0.15) is 53.4 Å². The lowest BCUT2D eigenvalue weighted by Gasteiger charge is -2.35. The van der Waals surface area contributed by atoms with Crippen molar-refractivity contribution in [3.05, 3.63) is 16.4 Å². The molecular formula is C15H26N6O2. The van der Waals surface area contributed by atoms with Gasteiger partial charge in [-0.15, -0.1) is 0 Å². The molecule has 1 fully saturated rings. The van der Waals surface area contributed by atoms with Gasteiger partial charge in [0.25, 0.3) is 0 Å². The fourth-order valence-electron chi connectivity index (χ4n) is 2.79. The van der Waals surface area contributed by atoms with E-state index >= 15 is 0 Å². The van der Waals surface area contributed by atoms with Gasteiger partial charge < -0.3 is 4.90 Å². The minimum Gasteiger partial charge on any atom is -0.348 e. The Morgan fingerprint density at radius 1 is 1.39 bits per heavy atom. The van der Waals surface area contributed by atoms with E-state index in [4.69, 9.17) is 0 Å². The maximum atomic E-state index is 11.6. The molecule has 1 aromatic rings. The van der Waals surface area contributed by atoms with Crippen LogP contribution in [0.5, 0.6) is 0 Å². The molecule has 1 aliphatic rings. The lowest BCUT2D eigenvalue weighted by atomic mass is 10.00. The molecule has 2 heterocycles. The number of nitrogens with zero attached hydrogens (tertiary/aromatic N) is 4. The number of anilines is 2. The molecule has 0 amide bonds. The molecule has 0 aliphatic carbocycles. The van der Waals surface area contributed by atoms with Crippen molar-refractivity contribution in [1.82, 2.24) is 15.4 Å². The van der Waals surface area contributed by atoms with Crippen molar-refractivity contribution >= 4 is 17.3 Å². The van der Waals surface area contributed by atoms with E-state index in [0.717, 1.165) is 32.2 Å². The molecule has 1 aromatic heterocycles. The van der Waals surface area contributed by atoms with Gasteiger partial charge in [0.1, 0.15) is 6.33 Å². The Morgan fingerprint density at radius 3 is 2.74 bits per heavy atom. The molecular weight excluding hydrogens is 296 g/mol. The number of hydrogen-bond donors (Lipinski definition) is 2. The van der Waals surface area contributed by atoms with E-state index in [2.05, 4.69) is 32.6 Å². The van der Waals surface area contributed by atoms with Gasteiger partial charge in [-0.25, -0.2) is 15.4 Å². The van der Waals surface area contributed by atoms with Crippen LogP contribution in [-0.4, -0.2) is 33.0 Å². The van der Waals surface area contributed by atoms with Gasteiger partial charge in [-0.05, 0) is 46.5 Å². The fraction of sp³-hybridized carbons (Fsp3) is 0.733. The number of nitrogens with one attached hydrogen (secondary N) is 2. The predicted octanol–water partition coefficient (Wildman–Crippen LogP) is 2.87. The van der Waals surface area contributed by atoms with E-state index < -0.39 is 4.92 Å². The summed E-state index contributed by atoms with van der Waals surface area (Å²) in [5.74, 6) is 0.616. The first kappa shape index (κ1) is 17.4. The molecule has 1 saturated heterocycles. The molecule has 8 heteroatoms. The van der Waals surface area contributed by atoms with Gasteiger partial charge in [-0.2, -0.15) is 0 Å². The average molecular weight is 322 g/mol. The van der Waals surface area contributed by atoms with Gasteiger partial charge in [-0.1, -0.05) is 6.92 Å². The van der Waals surface area contributed by atoms with E-state index in [-0.39, 0.29) is 17.0 Å². The van der Waals surface area contributed by atoms with Crippen molar-refractivity contribution in [3.63, 3.8) is 0 Å². The highest BCUT2D eigenvalue weighted by Gasteiger charge is 2.32. The standard InChI is InChI=1S/C15H26N6O2/c1-5-11-8-6-7-9-20(11)14-12(21(22)23)13(16-10-17-14)18-19-15(2,3)4/h10-11,19H,5-9H2,1-4H3,(H,16,17,18). The van der Waals surface area contributed by atoms with E-state index in [0.29, 0.717) is 11.9 Å². The van der Waals surface area contributed by atoms with Crippen molar-refractivity contribution in [2.24, 2.45) is 0 Å². The third kappa shape index (κ3) is 4.28. The van der Waals surface area contributed by atoms with E-state index in [1.54, 1.807) is 0 Å². The summed E-state index contributed by atoms with van der Waals surface area (Å²) < 4.78 is 0. The molecule has 2 N–H and O–H groups in total. The summed E-state index contributed by atoms with van der Waals surface area (Å²) >= 11 is 0. The first-order valence-corrected chi connectivity index (χ1v) is 8.12. The van der Waals surface area contributed by atoms with Crippen LogP contribution in [-0.2, 0) is 0 Å². The molecule has 128 valence electrons. The number of aromatic nitrogens is 2. The molecule has 2 rings (SSSR count). The lowest BCUT2D eigenvalue weighted by molar-refractivity contribution is -0.383. The lowest BCUT2D eigenvalue weighted by Crippen LogP contribution is -2.42. The first-order chi connectivity index (χ1) is 10.8. The predicted molar refractivity (Wildman–Crippen MR) is 90.5 cm³/mol. The first-order valence-electron chi connectivity index (χ1n) is 8.12. The Balaban J connectivity index is 2.37. The zero-order valence-corrected chi connectivity index (χ0v) is 14.3. The second kappa shape index (κ2) is 7.08. The second-order valence-corrected chi connectivity index (χ2v) is 6.90. The molecule has 1 unspecified atom stereocenters. The molecule has 8 nitrogen and oxygen atoms in total. The highest BCUT2D eigenvalue weighted by atomic mass is 16.6. The molecule has 0 aromatic carbocycles. The summed E-state index contributed by atoms with van der Waals surface area (Å²) in [5, 5.41) is 11.6. The van der Waals surface area contributed by atoms with Crippen LogP contribution in [0, 0.1) is 10.1 Å². The molecule has 1 aliphatic heterocycles. The smallest absolute Gasteiger partial charge is 0.348 e. The summed E-state index contributed by atoms with van der Waals surface area (Å²) in [7, 11) is 0. The van der Waals surface area contributed by atoms with Crippen LogP contribution in [0.25, 0.3) is 0 Å². The number of piperidine rings is 1. The van der Waals surface area contributed by atoms with E-state index in [9.17, 15) is 10.1 Å². The van der Waals surface area contributed by atoms with Gasteiger partial charge in [0, 0.05) is 18.1 Å². The van der Waals surface area contributed by atoms with Crippen molar-refractivity contribution < 1.29 is 4.92 Å². The number of nitro groups is 1. The number of rotatable bonds is 5. The fourth-order valence-corrected chi connectivity index (χ4v) is 2.79. The largest absolute Gasteiger partial charge is 0.354 e. The Bertz CT molecular complexity index is 557. The van der Waals surface area contributed by atoms with Crippen LogP contribution in [0.4, 0.5) is 17.3 Å². The zero-order chi connectivity index (χ0) is 17.0. The molecule has 0 spiro atoms. The van der Waals surface area contributed by atoms with Gasteiger partial charge in [-0.3, -0.25) is 15.5 Å². The summed E-state index contributed by atoms with van der Waals surface area (Å²) in [6.07, 6.45) is 5.56. The van der Waals surface area contributed by atoms with Crippen molar-refractivity contribution in [1.29, 1.82) is 0 Å². The summed E-state index contributed by atoms with van der Waals surface area (Å²) in [4.78, 5) is 21.6. The van der Waals surface area contributed by atoms with Gasteiger partial charge in [0.05, 0.1) is 4.92 Å². The summed E-state index contributed by atoms with van der Waals surface area (Å²) in [6, 6.07) is 0.292. The van der Waals surface area contributed by atoms with Crippen LogP contribution in [0.15, 0.2) is 6.33 Å². The van der Waals surface area contributed by atoms with Crippen LogP contribution >= 0.6 is 0 Å². The number of hydrogen-bond acceptors (Lipinski definition) is 7. The maximum absolute atomic E-state index is 11.6. The average Bonchev–Trinajstić information content (AvgIpc) is 2.51. The molecule has 0 bridgehead atoms. The third-order valence-electron chi connectivity index (χ3n) is 3.91. The van der Waals surface area contributed by atoms with Crippen LogP contribution in [0.2, 0.25) is 0 Å². The monoisotopic (exact) mass is 322 g/mol. The molecule has 23 heavy (non-hydrogen) atoms. The van der Waals surface area contributed by atoms with Crippen LogP contribution in [0.3, 0.4) is 0 Å². The quantitative estimate of drug-likeness (QED) is 0.635. The normalized spacial score (nSPS) is 18.8. The van der Waals surface area contributed by atoms with Crippen molar-refractivity contribution in [2.75, 3.05) is 16.9 Å². The van der Waals surface area contributed by atoms with E-state index in [1.165, 1.54) is 6.33 Å². The Kier molecular flexibility index (Phi) is 5.35. The molecule has 0 saturated carbocycles. The van der Waals surface area contributed by atoms with E-state index in [1.807, 2.05) is 20.8 Å². The molecule has 0 radical (unpaired) electrons. The number of hydrazine groups is 1. The minimum atomic E-state index is -0.399. The zero-order valence-electron chi connectivity index (χ0n) is 14.3. The second-order valence-electron chi connectivity index (χ2n) is 6.90. The highest BCUT2D eigenvalue weighted by Crippen LogP contribution is 2.35. The maximum Gasteiger partial charge on any atom is 0.354 e.